The highest BCUT2D eigenvalue weighted by molar-refractivity contribution is 5.74. The van der Waals surface area contributed by atoms with Gasteiger partial charge < -0.3 is 9.30 Å². The predicted molar refractivity (Wildman–Crippen MR) is 65.2 cm³/mol. The molecule has 0 amide bonds. The van der Waals surface area contributed by atoms with E-state index >= 15 is 0 Å². The first-order chi connectivity index (χ1) is 9.81. The Bertz CT molecular complexity index is 632. The van der Waals surface area contributed by atoms with Crippen LogP contribution >= 0.6 is 0 Å². The molecule has 0 spiro atoms. The van der Waals surface area contributed by atoms with Crippen LogP contribution in [0.2, 0.25) is 0 Å². The largest absolute Gasteiger partial charge is 0.467 e. The van der Waals surface area contributed by atoms with Gasteiger partial charge in [-0.15, -0.1) is 0 Å². The number of carbonyl (C=O) groups excluding carboxylic acids is 1. The first kappa shape index (κ1) is 15.1. The van der Waals surface area contributed by atoms with Gasteiger partial charge in [-0.1, -0.05) is 0 Å². The van der Waals surface area contributed by atoms with Gasteiger partial charge in [-0.2, -0.15) is 18.3 Å². The predicted octanol–water partition coefficient (Wildman–Crippen LogP) is 1.59. The van der Waals surface area contributed by atoms with Gasteiger partial charge >= 0.3 is 12.1 Å². The zero-order valence-corrected chi connectivity index (χ0v) is 11.3. The van der Waals surface area contributed by atoms with Crippen molar-refractivity contribution in [3.05, 3.63) is 36.2 Å². The van der Waals surface area contributed by atoms with Crippen LogP contribution in [0, 0.1) is 0 Å². The molecular formula is C12H13F3N4O2. The van der Waals surface area contributed by atoms with E-state index in [-0.39, 0.29) is 6.42 Å². The monoisotopic (exact) mass is 302 g/mol. The second-order valence-electron chi connectivity index (χ2n) is 4.43. The maximum Gasteiger partial charge on any atom is 0.434 e. The Morgan fingerprint density at radius 3 is 2.67 bits per heavy atom. The van der Waals surface area contributed by atoms with Crippen molar-refractivity contribution in [2.24, 2.45) is 7.05 Å². The SMILES string of the molecule is COC(=O)C(Cc1ccn(C)n1)n1cnc(C(F)(F)F)c1. The van der Waals surface area contributed by atoms with Crippen molar-refractivity contribution >= 4 is 5.97 Å². The van der Waals surface area contributed by atoms with Crippen LogP contribution in [-0.4, -0.2) is 32.4 Å². The molecule has 0 aliphatic rings. The number of alkyl halides is 3. The van der Waals surface area contributed by atoms with E-state index in [1.54, 1.807) is 24.0 Å². The lowest BCUT2D eigenvalue weighted by molar-refractivity contribution is -0.145. The Morgan fingerprint density at radius 1 is 1.48 bits per heavy atom. The van der Waals surface area contributed by atoms with E-state index in [9.17, 15) is 18.0 Å². The lowest BCUT2D eigenvalue weighted by atomic mass is 10.1. The molecule has 2 aromatic heterocycles. The van der Waals surface area contributed by atoms with Crippen molar-refractivity contribution in [1.82, 2.24) is 19.3 Å². The van der Waals surface area contributed by atoms with E-state index in [1.807, 2.05) is 0 Å². The van der Waals surface area contributed by atoms with Gasteiger partial charge in [-0.25, -0.2) is 9.78 Å². The number of ether oxygens (including phenoxy) is 1. The number of carbonyl (C=O) groups is 1. The normalized spacial score (nSPS) is 13.2. The van der Waals surface area contributed by atoms with Gasteiger partial charge in [-0.05, 0) is 6.07 Å². The maximum atomic E-state index is 12.6. The van der Waals surface area contributed by atoms with Crippen molar-refractivity contribution in [1.29, 1.82) is 0 Å². The summed E-state index contributed by atoms with van der Waals surface area (Å²) >= 11 is 0. The standard InChI is InChI=1S/C12H13F3N4O2/c1-18-4-3-8(17-18)5-9(11(20)21-2)19-6-10(16-7-19)12(13,14)15/h3-4,6-7,9H,5H2,1-2H3. The highest BCUT2D eigenvalue weighted by Gasteiger charge is 2.35. The summed E-state index contributed by atoms with van der Waals surface area (Å²) in [5, 5.41) is 4.10. The van der Waals surface area contributed by atoms with Gasteiger partial charge in [0.25, 0.3) is 0 Å². The summed E-state index contributed by atoms with van der Waals surface area (Å²) in [6.07, 6.45) is -1.02. The number of methoxy groups -OCH3 is 1. The fraction of sp³-hybridized carbons (Fsp3) is 0.417. The van der Waals surface area contributed by atoms with Crippen LogP contribution in [0.3, 0.4) is 0 Å². The number of halogens is 3. The Morgan fingerprint density at radius 2 is 2.19 bits per heavy atom. The van der Waals surface area contributed by atoms with E-state index in [1.165, 1.54) is 7.11 Å². The zero-order valence-electron chi connectivity index (χ0n) is 11.3. The summed E-state index contributed by atoms with van der Waals surface area (Å²) in [6.45, 7) is 0. The molecule has 2 heterocycles. The van der Waals surface area contributed by atoms with Crippen molar-refractivity contribution in [2.75, 3.05) is 7.11 Å². The molecular weight excluding hydrogens is 289 g/mol. The third-order valence-electron chi connectivity index (χ3n) is 2.90. The molecule has 0 aliphatic heterocycles. The number of hydrogen-bond acceptors (Lipinski definition) is 4. The summed E-state index contributed by atoms with van der Waals surface area (Å²) in [5.41, 5.74) is -0.493. The molecule has 2 rings (SSSR count). The van der Waals surface area contributed by atoms with Gasteiger partial charge in [0, 0.05) is 25.9 Å². The number of nitrogens with zero attached hydrogens (tertiary/aromatic N) is 4. The zero-order chi connectivity index (χ0) is 15.6. The van der Waals surface area contributed by atoms with Crippen LogP contribution in [-0.2, 0) is 29.2 Å². The van der Waals surface area contributed by atoms with Crippen LogP contribution in [0.15, 0.2) is 24.8 Å². The number of imidazole rings is 1. The lowest BCUT2D eigenvalue weighted by Crippen LogP contribution is -2.22. The summed E-state index contributed by atoms with van der Waals surface area (Å²) < 4.78 is 45.0. The topological polar surface area (TPSA) is 61.9 Å². The second-order valence-corrected chi connectivity index (χ2v) is 4.43. The number of hydrogen-bond donors (Lipinski definition) is 0. The molecule has 0 saturated heterocycles. The fourth-order valence-electron chi connectivity index (χ4n) is 1.87. The van der Waals surface area contributed by atoms with Crippen molar-refractivity contribution in [2.45, 2.75) is 18.6 Å². The van der Waals surface area contributed by atoms with Crippen LogP contribution in [0.25, 0.3) is 0 Å². The van der Waals surface area contributed by atoms with Crippen molar-refractivity contribution in [3.8, 4) is 0 Å². The molecule has 6 nitrogen and oxygen atoms in total. The minimum absolute atomic E-state index is 0.112. The summed E-state index contributed by atoms with van der Waals surface area (Å²) in [6, 6.07) is 0.728. The molecule has 114 valence electrons. The molecule has 21 heavy (non-hydrogen) atoms. The molecule has 0 bridgehead atoms. The third kappa shape index (κ3) is 3.41. The van der Waals surface area contributed by atoms with Gasteiger partial charge in [0.05, 0.1) is 19.1 Å². The Labute approximate surface area is 118 Å². The van der Waals surface area contributed by atoms with E-state index in [2.05, 4.69) is 14.8 Å². The third-order valence-corrected chi connectivity index (χ3v) is 2.90. The van der Waals surface area contributed by atoms with Crippen LogP contribution in [0.4, 0.5) is 13.2 Å². The first-order valence-corrected chi connectivity index (χ1v) is 5.98. The number of rotatable bonds is 4. The molecule has 0 radical (unpaired) electrons. The van der Waals surface area contributed by atoms with Crippen LogP contribution < -0.4 is 0 Å². The molecule has 1 unspecified atom stereocenters. The molecule has 0 aliphatic carbocycles. The lowest BCUT2D eigenvalue weighted by Gasteiger charge is -2.14. The van der Waals surface area contributed by atoms with Crippen LogP contribution in [0.1, 0.15) is 17.4 Å². The molecule has 0 saturated carbocycles. The summed E-state index contributed by atoms with van der Waals surface area (Å²) in [7, 11) is 2.88. The van der Waals surface area contributed by atoms with Gasteiger partial charge in [0.2, 0.25) is 0 Å². The van der Waals surface area contributed by atoms with Crippen molar-refractivity contribution in [3.63, 3.8) is 0 Å². The molecule has 2 aromatic rings. The number of aromatic nitrogens is 4. The average Bonchev–Trinajstić information content (AvgIpc) is 3.03. The highest BCUT2D eigenvalue weighted by Crippen LogP contribution is 2.28. The van der Waals surface area contributed by atoms with Gasteiger partial charge in [0.15, 0.2) is 5.69 Å². The molecule has 0 N–H and O–H groups in total. The van der Waals surface area contributed by atoms with E-state index in [0.717, 1.165) is 17.1 Å². The van der Waals surface area contributed by atoms with E-state index < -0.39 is 23.9 Å². The Hall–Kier alpha value is -2.32. The minimum atomic E-state index is -4.56. The first-order valence-electron chi connectivity index (χ1n) is 5.98. The average molecular weight is 302 g/mol. The highest BCUT2D eigenvalue weighted by atomic mass is 19.4. The molecule has 1 atom stereocenters. The molecule has 0 fully saturated rings. The second kappa shape index (κ2) is 5.58. The molecule has 0 aromatic carbocycles. The summed E-state index contributed by atoms with van der Waals surface area (Å²) in [5.74, 6) is -0.660. The van der Waals surface area contributed by atoms with Crippen molar-refractivity contribution < 1.29 is 22.7 Å². The Balaban J connectivity index is 2.28. The van der Waals surface area contributed by atoms with E-state index in [0.29, 0.717) is 5.69 Å². The number of aryl methyl sites for hydroxylation is 1. The van der Waals surface area contributed by atoms with Gasteiger partial charge in [-0.3, -0.25) is 4.68 Å². The smallest absolute Gasteiger partial charge is 0.434 e. The van der Waals surface area contributed by atoms with Crippen LogP contribution in [0.5, 0.6) is 0 Å². The quantitative estimate of drug-likeness (QED) is 0.805. The Kier molecular flexibility index (Phi) is 4.01. The van der Waals surface area contributed by atoms with E-state index in [4.69, 9.17) is 0 Å². The van der Waals surface area contributed by atoms with Gasteiger partial charge in [0.1, 0.15) is 6.04 Å². The summed E-state index contributed by atoms with van der Waals surface area (Å²) in [4.78, 5) is 15.1. The number of esters is 1. The fourth-order valence-corrected chi connectivity index (χ4v) is 1.87. The minimum Gasteiger partial charge on any atom is -0.467 e. The maximum absolute atomic E-state index is 12.6. The molecule has 9 heteroatoms.